The zero-order chi connectivity index (χ0) is 20.7. The summed E-state index contributed by atoms with van der Waals surface area (Å²) in [5, 5.41) is 0. The maximum atomic E-state index is 12.9. The molecule has 7 heteroatoms. The first-order chi connectivity index (χ1) is 13.4. The van der Waals surface area contributed by atoms with Gasteiger partial charge in [0.1, 0.15) is 0 Å². The highest BCUT2D eigenvalue weighted by Crippen LogP contribution is 2.35. The predicted molar refractivity (Wildman–Crippen MR) is 113 cm³/mol. The normalized spacial score (nSPS) is 10.4. The Morgan fingerprint density at radius 1 is 0.929 bits per heavy atom. The van der Waals surface area contributed by atoms with Crippen molar-refractivity contribution in [1.29, 1.82) is 0 Å². The average molecular weight is 452 g/mol. The molecule has 1 amide bonds. The summed E-state index contributed by atoms with van der Waals surface area (Å²) in [6.45, 7) is 4.88. The summed E-state index contributed by atoms with van der Waals surface area (Å²) in [5.74, 6) is 2.40. The zero-order valence-corrected chi connectivity index (χ0v) is 18.5. The predicted octanol–water partition coefficient (Wildman–Crippen LogP) is 4.47. The second-order valence-electron chi connectivity index (χ2n) is 5.93. The first-order valence-electron chi connectivity index (χ1n) is 9.01. The Kier molecular flexibility index (Phi) is 7.99. The molecule has 0 fully saturated rings. The second kappa shape index (κ2) is 10.2. The molecule has 0 radical (unpaired) electrons. The Balaban J connectivity index is 2.25. The van der Waals surface area contributed by atoms with E-state index in [1.807, 2.05) is 32.0 Å². The summed E-state index contributed by atoms with van der Waals surface area (Å²) in [6, 6.07) is 9.05. The monoisotopic (exact) mass is 451 g/mol. The number of halogens is 1. The van der Waals surface area contributed by atoms with Crippen LogP contribution in [0.2, 0.25) is 0 Å². The van der Waals surface area contributed by atoms with Crippen molar-refractivity contribution in [2.75, 3.05) is 39.4 Å². The van der Waals surface area contributed by atoms with Gasteiger partial charge in [-0.1, -0.05) is 15.9 Å². The number of anilines is 1. The molecule has 0 spiro atoms. The second-order valence-corrected chi connectivity index (χ2v) is 6.78. The van der Waals surface area contributed by atoms with Crippen LogP contribution in [0.15, 0.2) is 34.8 Å². The highest BCUT2D eigenvalue weighted by Gasteiger charge is 2.18. The van der Waals surface area contributed by atoms with Gasteiger partial charge in [0.25, 0.3) is 0 Å². The summed E-state index contributed by atoms with van der Waals surface area (Å²) in [6.07, 6.45) is 0.206. The maximum Gasteiger partial charge on any atom is 0.231 e. The van der Waals surface area contributed by atoms with E-state index < -0.39 is 0 Å². The largest absolute Gasteiger partial charge is 0.493 e. The Bertz CT molecular complexity index is 825. The van der Waals surface area contributed by atoms with Gasteiger partial charge in [0.2, 0.25) is 5.91 Å². The molecule has 0 saturated heterocycles. The van der Waals surface area contributed by atoms with E-state index in [0.717, 1.165) is 15.7 Å². The van der Waals surface area contributed by atoms with E-state index in [2.05, 4.69) is 15.9 Å². The third kappa shape index (κ3) is 5.10. The quantitative estimate of drug-likeness (QED) is 0.562. The summed E-state index contributed by atoms with van der Waals surface area (Å²) in [7, 11) is 4.87. The smallest absolute Gasteiger partial charge is 0.231 e. The standard InChI is InChI=1S/C21H26BrNO5/c1-6-27-19-10-14(16(22)13-20(19)28-7-2)11-21(24)23(3)15-8-9-17(25-4)18(12-15)26-5/h8-10,12-13H,6-7,11H2,1-5H3. The lowest BCUT2D eigenvalue weighted by Gasteiger charge is -2.20. The Labute approximate surface area is 174 Å². The van der Waals surface area contributed by atoms with Gasteiger partial charge in [0.05, 0.1) is 33.9 Å². The number of likely N-dealkylation sites (N-methyl/N-ethyl adjacent to an activating group) is 1. The van der Waals surface area contributed by atoms with E-state index in [1.54, 1.807) is 38.3 Å². The van der Waals surface area contributed by atoms with Gasteiger partial charge in [-0.15, -0.1) is 0 Å². The molecule has 0 bridgehead atoms. The van der Waals surface area contributed by atoms with E-state index in [4.69, 9.17) is 18.9 Å². The van der Waals surface area contributed by atoms with Crippen molar-refractivity contribution < 1.29 is 23.7 Å². The molecule has 0 aliphatic rings. The highest BCUT2D eigenvalue weighted by molar-refractivity contribution is 9.10. The van der Waals surface area contributed by atoms with Crippen molar-refractivity contribution in [1.82, 2.24) is 0 Å². The van der Waals surface area contributed by atoms with E-state index in [0.29, 0.717) is 36.2 Å². The van der Waals surface area contributed by atoms with Crippen LogP contribution in [0, 0.1) is 0 Å². The molecule has 28 heavy (non-hydrogen) atoms. The van der Waals surface area contributed by atoms with Crippen LogP contribution < -0.4 is 23.8 Å². The third-order valence-corrected chi connectivity index (χ3v) is 4.92. The van der Waals surface area contributed by atoms with Gasteiger partial charge in [0, 0.05) is 23.3 Å². The lowest BCUT2D eigenvalue weighted by molar-refractivity contribution is -0.117. The molecule has 0 aliphatic carbocycles. The van der Waals surface area contributed by atoms with Crippen LogP contribution in [-0.2, 0) is 11.2 Å². The summed E-state index contributed by atoms with van der Waals surface area (Å²) < 4.78 is 22.7. The van der Waals surface area contributed by atoms with Gasteiger partial charge in [-0.05, 0) is 43.7 Å². The molecule has 2 aromatic carbocycles. The highest BCUT2D eigenvalue weighted by atomic mass is 79.9. The van der Waals surface area contributed by atoms with E-state index in [-0.39, 0.29) is 12.3 Å². The molecule has 0 aliphatic heterocycles. The number of methoxy groups -OCH3 is 2. The van der Waals surface area contributed by atoms with Crippen molar-refractivity contribution in [2.45, 2.75) is 20.3 Å². The number of amides is 1. The van der Waals surface area contributed by atoms with E-state index >= 15 is 0 Å². The molecule has 0 saturated carbocycles. The fourth-order valence-corrected chi connectivity index (χ4v) is 3.17. The molecule has 0 heterocycles. The fraction of sp³-hybridized carbons (Fsp3) is 0.381. The number of rotatable bonds is 9. The number of hydrogen-bond acceptors (Lipinski definition) is 5. The topological polar surface area (TPSA) is 57.2 Å². The molecule has 2 aromatic rings. The van der Waals surface area contributed by atoms with Gasteiger partial charge < -0.3 is 23.8 Å². The summed E-state index contributed by atoms with van der Waals surface area (Å²) >= 11 is 3.54. The molecule has 2 rings (SSSR count). The van der Waals surface area contributed by atoms with Crippen LogP contribution in [-0.4, -0.2) is 40.4 Å². The van der Waals surface area contributed by atoms with Gasteiger partial charge in [-0.3, -0.25) is 4.79 Å². The number of carbonyl (C=O) groups is 1. The molecular weight excluding hydrogens is 426 g/mol. The number of benzene rings is 2. The van der Waals surface area contributed by atoms with Crippen molar-refractivity contribution in [3.63, 3.8) is 0 Å². The Hall–Kier alpha value is -2.41. The maximum absolute atomic E-state index is 12.9. The van der Waals surface area contributed by atoms with Gasteiger partial charge in [-0.2, -0.15) is 0 Å². The van der Waals surface area contributed by atoms with Crippen molar-refractivity contribution in [3.8, 4) is 23.0 Å². The lowest BCUT2D eigenvalue weighted by atomic mass is 10.1. The van der Waals surface area contributed by atoms with Gasteiger partial charge in [-0.25, -0.2) is 0 Å². The minimum absolute atomic E-state index is 0.0699. The molecule has 0 N–H and O–H groups in total. The summed E-state index contributed by atoms with van der Waals surface area (Å²) in [5.41, 5.74) is 1.54. The van der Waals surface area contributed by atoms with Crippen LogP contribution >= 0.6 is 15.9 Å². The average Bonchev–Trinajstić information content (AvgIpc) is 2.70. The van der Waals surface area contributed by atoms with Crippen LogP contribution in [0.5, 0.6) is 23.0 Å². The number of carbonyl (C=O) groups excluding carboxylic acids is 1. The Morgan fingerprint density at radius 2 is 1.54 bits per heavy atom. The van der Waals surface area contributed by atoms with Crippen molar-refractivity contribution in [2.24, 2.45) is 0 Å². The first-order valence-corrected chi connectivity index (χ1v) is 9.80. The third-order valence-electron chi connectivity index (χ3n) is 4.18. The van der Waals surface area contributed by atoms with Crippen LogP contribution in [0.3, 0.4) is 0 Å². The number of ether oxygens (including phenoxy) is 4. The van der Waals surface area contributed by atoms with E-state index in [9.17, 15) is 4.79 Å². The SMILES string of the molecule is CCOc1cc(Br)c(CC(=O)N(C)c2ccc(OC)c(OC)c2)cc1OCC. The molecule has 0 atom stereocenters. The minimum Gasteiger partial charge on any atom is -0.493 e. The molecule has 0 aromatic heterocycles. The molecule has 0 unspecified atom stereocenters. The van der Waals surface area contributed by atoms with Crippen molar-refractivity contribution >= 4 is 27.5 Å². The van der Waals surface area contributed by atoms with Crippen LogP contribution in [0.4, 0.5) is 5.69 Å². The van der Waals surface area contributed by atoms with Crippen LogP contribution in [0.1, 0.15) is 19.4 Å². The minimum atomic E-state index is -0.0699. The molecule has 152 valence electrons. The van der Waals surface area contributed by atoms with Crippen LogP contribution in [0.25, 0.3) is 0 Å². The van der Waals surface area contributed by atoms with Crippen molar-refractivity contribution in [3.05, 3.63) is 40.4 Å². The zero-order valence-electron chi connectivity index (χ0n) is 16.9. The van der Waals surface area contributed by atoms with Gasteiger partial charge >= 0.3 is 0 Å². The number of nitrogens with zero attached hydrogens (tertiary/aromatic N) is 1. The summed E-state index contributed by atoms with van der Waals surface area (Å²) in [4.78, 5) is 14.4. The lowest BCUT2D eigenvalue weighted by Crippen LogP contribution is -2.28. The molecule has 6 nitrogen and oxygen atoms in total. The first kappa shape index (κ1) is 21.9. The fourth-order valence-electron chi connectivity index (χ4n) is 2.71. The van der Waals surface area contributed by atoms with E-state index in [1.165, 1.54) is 0 Å². The van der Waals surface area contributed by atoms with Gasteiger partial charge in [0.15, 0.2) is 23.0 Å². The molecular formula is C21H26BrNO5. The number of hydrogen-bond donors (Lipinski definition) is 0. The Morgan fingerprint density at radius 3 is 2.11 bits per heavy atom.